The molecule has 1 aliphatic heterocycles. The standard InChI is InChI=1S/C15H21FN2O2/c1-10(7-11-3-5-12(16)6-4-11)18-14(19)15(2)9-20-8-13(15)17/h3-6,10,13H,7-9,17H2,1-2H3,(H,18,19). The van der Waals surface area contributed by atoms with Gasteiger partial charge in [-0.25, -0.2) is 4.39 Å². The lowest BCUT2D eigenvalue weighted by atomic mass is 9.84. The molecule has 2 rings (SSSR count). The predicted octanol–water partition coefficient (Wildman–Crippen LogP) is 1.24. The van der Waals surface area contributed by atoms with Gasteiger partial charge in [0.25, 0.3) is 0 Å². The van der Waals surface area contributed by atoms with Crippen molar-refractivity contribution in [2.45, 2.75) is 32.4 Å². The van der Waals surface area contributed by atoms with Crippen LogP contribution in [0.5, 0.6) is 0 Å². The predicted molar refractivity (Wildman–Crippen MR) is 74.6 cm³/mol. The molecule has 0 aromatic heterocycles. The van der Waals surface area contributed by atoms with Crippen LogP contribution in [0.1, 0.15) is 19.4 Å². The highest BCUT2D eigenvalue weighted by atomic mass is 19.1. The molecule has 1 heterocycles. The van der Waals surface area contributed by atoms with Crippen LogP contribution >= 0.6 is 0 Å². The molecule has 1 fully saturated rings. The number of nitrogens with two attached hydrogens (primary N) is 1. The molecule has 3 atom stereocenters. The summed E-state index contributed by atoms with van der Waals surface area (Å²) in [7, 11) is 0. The summed E-state index contributed by atoms with van der Waals surface area (Å²) < 4.78 is 18.1. The van der Waals surface area contributed by atoms with Crippen molar-refractivity contribution in [3.63, 3.8) is 0 Å². The first kappa shape index (κ1) is 14.9. The summed E-state index contributed by atoms with van der Waals surface area (Å²) in [6.45, 7) is 4.51. The molecule has 1 aliphatic rings. The Kier molecular flexibility index (Phi) is 4.40. The minimum absolute atomic E-state index is 0.0439. The van der Waals surface area contributed by atoms with E-state index in [2.05, 4.69) is 5.32 Å². The molecule has 1 aromatic carbocycles. The van der Waals surface area contributed by atoms with Crippen LogP contribution in [0.4, 0.5) is 4.39 Å². The van der Waals surface area contributed by atoms with Crippen molar-refractivity contribution in [2.24, 2.45) is 11.1 Å². The SMILES string of the molecule is CC(Cc1ccc(F)cc1)NC(=O)C1(C)COCC1N. The lowest BCUT2D eigenvalue weighted by molar-refractivity contribution is -0.131. The number of benzene rings is 1. The van der Waals surface area contributed by atoms with Gasteiger partial charge in [0, 0.05) is 12.1 Å². The van der Waals surface area contributed by atoms with Crippen molar-refractivity contribution in [1.29, 1.82) is 0 Å². The van der Waals surface area contributed by atoms with E-state index in [1.165, 1.54) is 12.1 Å². The Morgan fingerprint density at radius 1 is 1.55 bits per heavy atom. The number of rotatable bonds is 4. The van der Waals surface area contributed by atoms with Gasteiger partial charge in [-0.2, -0.15) is 0 Å². The molecule has 0 spiro atoms. The van der Waals surface area contributed by atoms with Crippen LogP contribution in [0, 0.1) is 11.2 Å². The molecule has 1 saturated heterocycles. The molecule has 1 amide bonds. The highest BCUT2D eigenvalue weighted by molar-refractivity contribution is 5.83. The molecule has 110 valence electrons. The molecule has 3 unspecified atom stereocenters. The smallest absolute Gasteiger partial charge is 0.230 e. The summed E-state index contributed by atoms with van der Waals surface area (Å²) in [5.74, 6) is -0.343. The number of carbonyl (C=O) groups is 1. The maximum absolute atomic E-state index is 12.8. The lowest BCUT2D eigenvalue weighted by Gasteiger charge is -2.27. The summed E-state index contributed by atoms with van der Waals surface area (Å²) >= 11 is 0. The van der Waals surface area contributed by atoms with Gasteiger partial charge in [0.2, 0.25) is 5.91 Å². The van der Waals surface area contributed by atoms with Gasteiger partial charge in [-0.15, -0.1) is 0 Å². The second-order valence-electron chi connectivity index (χ2n) is 5.74. The number of carbonyl (C=O) groups excluding carboxylic acids is 1. The Labute approximate surface area is 118 Å². The van der Waals surface area contributed by atoms with Gasteiger partial charge in [0.1, 0.15) is 5.82 Å². The summed E-state index contributed by atoms with van der Waals surface area (Å²) in [6.07, 6.45) is 0.651. The van der Waals surface area contributed by atoms with Crippen molar-refractivity contribution < 1.29 is 13.9 Å². The lowest BCUT2D eigenvalue weighted by Crippen LogP contribution is -2.52. The third-order valence-corrected chi connectivity index (χ3v) is 3.87. The maximum atomic E-state index is 12.8. The van der Waals surface area contributed by atoms with Crippen LogP contribution in [-0.2, 0) is 16.0 Å². The molecular weight excluding hydrogens is 259 g/mol. The summed E-state index contributed by atoms with van der Waals surface area (Å²) in [6, 6.07) is 5.98. The molecular formula is C15H21FN2O2. The minimum atomic E-state index is -0.670. The first-order valence-corrected chi connectivity index (χ1v) is 6.80. The first-order valence-electron chi connectivity index (χ1n) is 6.80. The molecule has 0 aliphatic carbocycles. The third-order valence-electron chi connectivity index (χ3n) is 3.87. The van der Waals surface area contributed by atoms with E-state index < -0.39 is 5.41 Å². The largest absolute Gasteiger partial charge is 0.379 e. The van der Waals surface area contributed by atoms with Gasteiger partial charge >= 0.3 is 0 Å². The van der Waals surface area contributed by atoms with Gasteiger partial charge < -0.3 is 15.8 Å². The Morgan fingerprint density at radius 2 is 2.20 bits per heavy atom. The van der Waals surface area contributed by atoms with Crippen molar-refractivity contribution >= 4 is 5.91 Å². The number of nitrogens with one attached hydrogen (secondary N) is 1. The van der Waals surface area contributed by atoms with Gasteiger partial charge in [0.05, 0.1) is 18.6 Å². The average Bonchev–Trinajstić information content (AvgIpc) is 2.74. The second kappa shape index (κ2) is 5.89. The highest BCUT2D eigenvalue weighted by Gasteiger charge is 2.44. The Hall–Kier alpha value is -1.46. The van der Waals surface area contributed by atoms with E-state index in [4.69, 9.17) is 10.5 Å². The van der Waals surface area contributed by atoms with E-state index in [1.54, 1.807) is 12.1 Å². The summed E-state index contributed by atoms with van der Waals surface area (Å²) in [5.41, 5.74) is 6.24. The van der Waals surface area contributed by atoms with Crippen molar-refractivity contribution in [3.8, 4) is 0 Å². The maximum Gasteiger partial charge on any atom is 0.230 e. The monoisotopic (exact) mass is 280 g/mol. The van der Waals surface area contributed by atoms with Gasteiger partial charge in [0.15, 0.2) is 0 Å². The Bertz CT molecular complexity index is 477. The summed E-state index contributed by atoms with van der Waals surface area (Å²) in [4.78, 5) is 12.3. The van der Waals surface area contributed by atoms with Crippen LogP contribution in [0.3, 0.4) is 0 Å². The topological polar surface area (TPSA) is 64.3 Å². The van der Waals surface area contributed by atoms with E-state index in [0.717, 1.165) is 5.56 Å². The number of hydrogen-bond donors (Lipinski definition) is 2. The molecule has 20 heavy (non-hydrogen) atoms. The first-order chi connectivity index (χ1) is 9.41. The van der Waals surface area contributed by atoms with E-state index >= 15 is 0 Å². The van der Waals surface area contributed by atoms with Gasteiger partial charge in [-0.05, 0) is 38.0 Å². The molecule has 0 saturated carbocycles. The van der Waals surface area contributed by atoms with E-state index in [1.807, 2.05) is 13.8 Å². The normalized spacial score (nSPS) is 27.3. The zero-order valence-electron chi connectivity index (χ0n) is 11.9. The van der Waals surface area contributed by atoms with E-state index in [0.29, 0.717) is 19.6 Å². The van der Waals surface area contributed by atoms with Gasteiger partial charge in [-0.1, -0.05) is 12.1 Å². The summed E-state index contributed by atoms with van der Waals surface area (Å²) in [5, 5.41) is 2.96. The number of halogens is 1. The molecule has 3 N–H and O–H groups in total. The Balaban J connectivity index is 1.92. The van der Waals surface area contributed by atoms with Crippen LogP contribution in [-0.4, -0.2) is 31.2 Å². The molecule has 0 bridgehead atoms. The van der Waals surface area contributed by atoms with Crippen LogP contribution in [0.25, 0.3) is 0 Å². The minimum Gasteiger partial charge on any atom is -0.379 e. The quantitative estimate of drug-likeness (QED) is 0.872. The van der Waals surface area contributed by atoms with Crippen molar-refractivity contribution in [3.05, 3.63) is 35.6 Å². The van der Waals surface area contributed by atoms with Crippen molar-refractivity contribution in [2.75, 3.05) is 13.2 Å². The van der Waals surface area contributed by atoms with Crippen LogP contribution in [0.15, 0.2) is 24.3 Å². The van der Waals surface area contributed by atoms with Crippen LogP contribution in [0.2, 0.25) is 0 Å². The fourth-order valence-electron chi connectivity index (χ4n) is 2.34. The van der Waals surface area contributed by atoms with Crippen molar-refractivity contribution in [1.82, 2.24) is 5.32 Å². The fraction of sp³-hybridized carbons (Fsp3) is 0.533. The van der Waals surface area contributed by atoms with Crippen LogP contribution < -0.4 is 11.1 Å². The Morgan fingerprint density at radius 3 is 2.75 bits per heavy atom. The molecule has 4 nitrogen and oxygen atoms in total. The van der Waals surface area contributed by atoms with E-state index in [-0.39, 0.29) is 23.8 Å². The average molecular weight is 280 g/mol. The third kappa shape index (κ3) is 3.16. The molecule has 0 radical (unpaired) electrons. The highest BCUT2D eigenvalue weighted by Crippen LogP contribution is 2.27. The molecule has 5 heteroatoms. The van der Waals surface area contributed by atoms with Gasteiger partial charge in [-0.3, -0.25) is 4.79 Å². The zero-order chi connectivity index (χ0) is 14.8. The fourth-order valence-corrected chi connectivity index (χ4v) is 2.34. The number of amides is 1. The molecule has 1 aromatic rings. The number of hydrogen-bond acceptors (Lipinski definition) is 3. The zero-order valence-corrected chi connectivity index (χ0v) is 11.9. The van der Waals surface area contributed by atoms with E-state index in [9.17, 15) is 9.18 Å². The second-order valence-corrected chi connectivity index (χ2v) is 5.74. The number of ether oxygens (including phenoxy) is 1.